The number of thiocarbonyl (C=S) groups is 1. The number of piperidine rings is 1. The molecule has 3 rings (SSSR count). The van der Waals surface area contributed by atoms with Gasteiger partial charge in [0.05, 0.1) is 0 Å². The highest BCUT2D eigenvalue weighted by molar-refractivity contribution is 7.80. The van der Waals surface area contributed by atoms with Gasteiger partial charge in [-0.05, 0) is 62.5 Å². The number of halogens is 1. The van der Waals surface area contributed by atoms with Crippen LogP contribution in [0, 0.1) is 12.8 Å². The summed E-state index contributed by atoms with van der Waals surface area (Å²) < 4.78 is 0. The number of carbonyl (C=O) groups excluding carboxylic acids is 1. The van der Waals surface area contributed by atoms with Crippen molar-refractivity contribution >= 4 is 40.5 Å². The van der Waals surface area contributed by atoms with Crippen molar-refractivity contribution in [2.24, 2.45) is 5.92 Å². The van der Waals surface area contributed by atoms with Crippen LogP contribution in [0.5, 0.6) is 0 Å². The lowest BCUT2D eigenvalue weighted by Gasteiger charge is -2.35. The molecule has 0 atom stereocenters. The van der Waals surface area contributed by atoms with Crippen molar-refractivity contribution in [2.45, 2.75) is 45.4 Å². The lowest BCUT2D eigenvalue weighted by Crippen LogP contribution is -2.45. The van der Waals surface area contributed by atoms with E-state index >= 15 is 0 Å². The van der Waals surface area contributed by atoms with E-state index in [1.165, 1.54) is 12.8 Å². The van der Waals surface area contributed by atoms with Gasteiger partial charge >= 0.3 is 0 Å². The molecule has 142 valence electrons. The Morgan fingerprint density at radius 2 is 1.73 bits per heavy atom. The van der Waals surface area contributed by atoms with Crippen molar-refractivity contribution in [1.82, 2.24) is 9.80 Å². The first-order valence-corrected chi connectivity index (χ1v) is 10.4. The standard InChI is InChI=1S/C20H28ClN3OS/c1-15-17(21)7-6-8-18(15)22-20(26)24-13-9-16(10-14-24)19(25)23-11-4-2-3-5-12-23/h6-8,16H,2-5,9-14H2,1H3,(H,22,26). The topological polar surface area (TPSA) is 35.6 Å². The molecule has 26 heavy (non-hydrogen) atoms. The van der Waals surface area contributed by atoms with E-state index in [0.29, 0.717) is 5.91 Å². The minimum atomic E-state index is 0.153. The fourth-order valence-corrected chi connectivity index (χ4v) is 4.28. The van der Waals surface area contributed by atoms with Gasteiger partial charge in [-0.25, -0.2) is 0 Å². The van der Waals surface area contributed by atoms with Crippen LogP contribution < -0.4 is 5.32 Å². The minimum Gasteiger partial charge on any atom is -0.349 e. The summed E-state index contributed by atoms with van der Waals surface area (Å²) in [6.45, 7) is 5.52. The molecular weight excluding hydrogens is 366 g/mol. The zero-order valence-electron chi connectivity index (χ0n) is 15.5. The smallest absolute Gasteiger partial charge is 0.225 e. The molecule has 1 amide bonds. The van der Waals surface area contributed by atoms with E-state index in [2.05, 4.69) is 15.1 Å². The van der Waals surface area contributed by atoms with Crippen LogP contribution in [0.1, 0.15) is 44.1 Å². The van der Waals surface area contributed by atoms with E-state index in [1.54, 1.807) is 0 Å². The molecule has 2 heterocycles. The van der Waals surface area contributed by atoms with Gasteiger partial charge in [-0.3, -0.25) is 4.79 Å². The van der Waals surface area contributed by atoms with E-state index < -0.39 is 0 Å². The Hall–Kier alpha value is -1.33. The largest absolute Gasteiger partial charge is 0.349 e. The maximum atomic E-state index is 12.8. The lowest BCUT2D eigenvalue weighted by atomic mass is 9.95. The molecule has 2 fully saturated rings. The number of nitrogens with one attached hydrogen (secondary N) is 1. The number of hydrogen-bond donors (Lipinski definition) is 1. The number of amides is 1. The summed E-state index contributed by atoms with van der Waals surface area (Å²) in [5.41, 5.74) is 1.95. The Bertz CT molecular complexity index is 650. The average molecular weight is 394 g/mol. The fraction of sp³-hybridized carbons (Fsp3) is 0.600. The molecule has 0 aromatic heterocycles. The number of rotatable bonds is 2. The molecule has 0 radical (unpaired) electrons. The number of anilines is 1. The van der Waals surface area contributed by atoms with Gasteiger partial charge in [0.2, 0.25) is 5.91 Å². The summed E-state index contributed by atoms with van der Waals surface area (Å²) in [7, 11) is 0. The van der Waals surface area contributed by atoms with Gasteiger partial charge in [0.25, 0.3) is 0 Å². The van der Waals surface area contributed by atoms with E-state index in [4.69, 9.17) is 23.8 Å². The molecule has 0 aliphatic carbocycles. The third-order valence-corrected chi connectivity index (χ3v) is 6.33. The van der Waals surface area contributed by atoms with E-state index in [0.717, 1.165) is 73.2 Å². The summed E-state index contributed by atoms with van der Waals surface area (Å²) in [4.78, 5) is 17.1. The number of nitrogens with zero attached hydrogens (tertiary/aromatic N) is 2. The SMILES string of the molecule is Cc1c(Cl)cccc1NC(=S)N1CCC(C(=O)N2CCCCCC2)CC1. The van der Waals surface area contributed by atoms with Gasteiger partial charge < -0.3 is 15.1 Å². The molecule has 0 bridgehead atoms. The number of carbonyl (C=O) groups is 1. The Morgan fingerprint density at radius 1 is 1.08 bits per heavy atom. The van der Waals surface area contributed by atoms with Crippen molar-refractivity contribution in [3.63, 3.8) is 0 Å². The summed E-state index contributed by atoms with van der Waals surface area (Å²) in [5, 5.41) is 4.77. The van der Waals surface area contributed by atoms with Gasteiger partial charge in [0.1, 0.15) is 0 Å². The second-order valence-electron chi connectivity index (χ2n) is 7.34. The monoisotopic (exact) mass is 393 g/mol. The first-order chi connectivity index (χ1) is 12.6. The van der Waals surface area contributed by atoms with Crippen LogP contribution in [0.25, 0.3) is 0 Å². The lowest BCUT2D eigenvalue weighted by molar-refractivity contribution is -0.136. The molecule has 0 unspecified atom stereocenters. The Labute approximate surface area is 166 Å². The van der Waals surface area contributed by atoms with E-state index in [1.807, 2.05) is 25.1 Å². The number of hydrogen-bond acceptors (Lipinski definition) is 2. The van der Waals surface area contributed by atoms with Crippen LogP contribution in [-0.4, -0.2) is 47.0 Å². The maximum Gasteiger partial charge on any atom is 0.225 e. The average Bonchev–Trinajstić information content (AvgIpc) is 2.94. The van der Waals surface area contributed by atoms with Crippen molar-refractivity contribution < 1.29 is 4.79 Å². The first-order valence-electron chi connectivity index (χ1n) is 9.66. The molecule has 4 nitrogen and oxygen atoms in total. The molecule has 0 saturated carbocycles. The minimum absolute atomic E-state index is 0.153. The normalized spacial score (nSPS) is 19.2. The van der Waals surface area contributed by atoms with Crippen molar-refractivity contribution in [3.8, 4) is 0 Å². The van der Waals surface area contributed by atoms with Crippen molar-refractivity contribution in [2.75, 3.05) is 31.5 Å². The highest BCUT2D eigenvalue weighted by Gasteiger charge is 2.29. The summed E-state index contributed by atoms with van der Waals surface area (Å²) in [5.74, 6) is 0.510. The van der Waals surface area contributed by atoms with Gasteiger partial charge in [0.15, 0.2) is 5.11 Å². The van der Waals surface area contributed by atoms with Crippen LogP contribution in [-0.2, 0) is 4.79 Å². The fourth-order valence-electron chi connectivity index (χ4n) is 3.82. The molecular formula is C20H28ClN3OS. The van der Waals surface area contributed by atoms with Crippen LogP contribution in [0.3, 0.4) is 0 Å². The summed E-state index contributed by atoms with van der Waals surface area (Å²) in [6, 6.07) is 5.79. The van der Waals surface area contributed by atoms with Gasteiger partial charge in [0, 0.05) is 42.8 Å². The van der Waals surface area contributed by atoms with E-state index in [-0.39, 0.29) is 5.92 Å². The Morgan fingerprint density at radius 3 is 2.38 bits per heavy atom. The summed E-state index contributed by atoms with van der Waals surface area (Å²) >= 11 is 11.8. The number of benzene rings is 1. The van der Waals surface area contributed by atoms with Crippen LogP contribution in [0.4, 0.5) is 5.69 Å². The quantitative estimate of drug-likeness (QED) is 0.752. The highest BCUT2D eigenvalue weighted by atomic mass is 35.5. The summed E-state index contributed by atoms with van der Waals surface area (Å²) in [6.07, 6.45) is 6.57. The maximum absolute atomic E-state index is 12.8. The molecule has 6 heteroatoms. The molecule has 1 aromatic rings. The second kappa shape index (κ2) is 9.05. The zero-order chi connectivity index (χ0) is 18.5. The van der Waals surface area contributed by atoms with Gasteiger partial charge in [-0.15, -0.1) is 0 Å². The predicted octanol–water partition coefficient (Wildman–Crippen LogP) is 4.46. The Balaban J connectivity index is 1.52. The first kappa shape index (κ1) is 19.4. The molecule has 2 aliphatic heterocycles. The van der Waals surface area contributed by atoms with Gasteiger partial charge in [-0.1, -0.05) is 30.5 Å². The molecule has 1 N–H and O–H groups in total. The van der Waals surface area contributed by atoms with Gasteiger partial charge in [-0.2, -0.15) is 0 Å². The molecule has 2 aliphatic rings. The zero-order valence-corrected chi connectivity index (χ0v) is 17.0. The predicted molar refractivity (Wildman–Crippen MR) is 112 cm³/mol. The number of likely N-dealkylation sites (tertiary alicyclic amines) is 2. The van der Waals surface area contributed by atoms with Crippen LogP contribution >= 0.6 is 23.8 Å². The Kier molecular flexibility index (Phi) is 6.76. The van der Waals surface area contributed by atoms with Crippen LogP contribution in [0.15, 0.2) is 18.2 Å². The van der Waals surface area contributed by atoms with Crippen molar-refractivity contribution in [3.05, 3.63) is 28.8 Å². The third-order valence-electron chi connectivity index (χ3n) is 5.56. The molecule has 0 spiro atoms. The van der Waals surface area contributed by atoms with Crippen LogP contribution in [0.2, 0.25) is 5.02 Å². The third kappa shape index (κ3) is 4.68. The molecule has 1 aromatic carbocycles. The van der Waals surface area contributed by atoms with E-state index in [9.17, 15) is 4.79 Å². The molecule has 2 saturated heterocycles. The highest BCUT2D eigenvalue weighted by Crippen LogP contribution is 2.25. The van der Waals surface area contributed by atoms with Crippen molar-refractivity contribution in [1.29, 1.82) is 0 Å². The second-order valence-corrected chi connectivity index (χ2v) is 8.14.